The van der Waals surface area contributed by atoms with Gasteiger partial charge < -0.3 is 0 Å². The first-order valence-electron chi connectivity index (χ1n) is 7.39. The predicted octanol–water partition coefficient (Wildman–Crippen LogP) is -1.73. The van der Waals surface area contributed by atoms with Crippen LogP contribution in [-0.2, 0) is 33.6 Å². The summed E-state index contributed by atoms with van der Waals surface area (Å²) < 4.78 is 4.46. The maximum absolute atomic E-state index is 12.5. The minimum absolute atomic E-state index is 0.0547. The van der Waals surface area contributed by atoms with Crippen LogP contribution in [0.15, 0.2) is 25.2 Å². The highest BCUT2D eigenvalue weighted by Gasteiger charge is 2.23. The van der Waals surface area contributed by atoms with Crippen molar-refractivity contribution in [2.75, 3.05) is 0 Å². The van der Waals surface area contributed by atoms with Crippen molar-refractivity contribution in [3.05, 3.63) is 64.7 Å². The fourth-order valence-corrected chi connectivity index (χ4v) is 2.98. The van der Waals surface area contributed by atoms with Gasteiger partial charge in [0.05, 0.1) is 6.54 Å². The number of aromatic nitrogens is 4. The predicted molar refractivity (Wildman–Crippen MR) is 84.0 cm³/mol. The van der Waals surface area contributed by atoms with Crippen molar-refractivity contribution in [2.45, 2.75) is 25.9 Å². The number of nitrogens with zero attached hydrogens (tertiary/aromatic N) is 5. The van der Waals surface area contributed by atoms with Crippen LogP contribution in [0.2, 0.25) is 0 Å². The van der Waals surface area contributed by atoms with Crippen molar-refractivity contribution in [2.24, 2.45) is 14.1 Å². The summed E-state index contributed by atoms with van der Waals surface area (Å²) >= 11 is 0. The highest BCUT2D eigenvalue weighted by Crippen LogP contribution is 2.13. The molecule has 0 N–H and O–H groups in total. The molecule has 124 valence electrons. The van der Waals surface area contributed by atoms with Gasteiger partial charge >= 0.3 is 11.4 Å². The van der Waals surface area contributed by atoms with E-state index in [1.807, 2.05) is 6.07 Å². The van der Waals surface area contributed by atoms with Crippen LogP contribution in [0.3, 0.4) is 0 Å². The van der Waals surface area contributed by atoms with E-state index < -0.39 is 22.5 Å². The molecule has 2 aromatic heterocycles. The van der Waals surface area contributed by atoms with E-state index in [4.69, 9.17) is 0 Å². The first-order chi connectivity index (χ1) is 11.4. The Morgan fingerprint density at radius 2 is 1.83 bits per heavy atom. The Bertz CT molecular complexity index is 1120. The van der Waals surface area contributed by atoms with Gasteiger partial charge in [0.15, 0.2) is 0 Å². The zero-order chi connectivity index (χ0) is 17.6. The molecule has 24 heavy (non-hydrogen) atoms. The van der Waals surface area contributed by atoms with Crippen molar-refractivity contribution < 1.29 is 0 Å². The van der Waals surface area contributed by atoms with Crippen LogP contribution in [0.4, 0.5) is 0 Å². The lowest BCUT2D eigenvalue weighted by Crippen LogP contribution is -2.44. The molecule has 0 aliphatic carbocycles. The Balaban J connectivity index is 2.26. The quantitative estimate of drug-likeness (QED) is 0.650. The van der Waals surface area contributed by atoms with Gasteiger partial charge in [0.25, 0.3) is 11.1 Å². The lowest BCUT2D eigenvalue weighted by Gasteiger charge is -2.13. The van der Waals surface area contributed by atoms with Crippen LogP contribution in [0.1, 0.15) is 23.4 Å². The first-order valence-corrected chi connectivity index (χ1v) is 7.39. The normalized spacial score (nSPS) is 12.9. The van der Waals surface area contributed by atoms with Crippen LogP contribution < -0.4 is 22.5 Å². The number of rotatable bonds is 2. The van der Waals surface area contributed by atoms with Crippen LogP contribution in [0.25, 0.3) is 0 Å². The van der Waals surface area contributed by atoms with Crippen molar-refractivity contribution in [1.29, 1.82) is 5.26 Å². The second kappa shape index (κ2) is 5.49. The molecular weight excluding hydrogens is 314 g/mol. The molecule has 0 bridgehead atoms. The summed E-state index contributed by atoms with van der Waals surface area (Å²) in [4.78, 5) is 48.8. The Morgan fingerprint density at radius 3 is 2.50 bits per heavy atom. The number of fused-ring (bicyclic) bond motifs is 1. The number of hydrogen-bond donors (Lipinski definition) is 0. The summed E-state index contributed by atoms with van der Waals surface area (Å²) in [5.74, 6) is 0. The van der Waals surface area contributed by atoms with Crippen LogP contribution in [-0.4, -0.2) is 18.3 Å². The minimum atomic E-state index is -0.691. The Morgan fingerprint density at radius 1 is 1.12 bits per heavy atom. The van der Waals surface area contributed by atoms with Crippen LogP contribution in [0.5, 0.6) is 0 Å². The molecule has 2 aromatic rings. The zero-order valence-corrected chi connectivity index (χ0v) is 13.3. The van der Waals surface area contributed by atoms with E-state index in [1.54, 1.807) is 0 Å². The third-order valence-electron chi connectivity index (χ3n) is 4.39. The third kappa shape index (κ3) is 2.15. The average Bonchev–Trinajstić information content (AvgIpc) is 3.04. The molecule has 0 spiro atoms. The molecule has 3 heterocycles. The summed E-state index contributed by atoms with van der Waals surface area (Å²) in [6.07, 6.45) is 1.20. The second-order valence-electron chi connectivity index (χ2n) is 5.74. The molecule has 0 aromatic carbocycles. The molecular formula is C15H15N5O4. The Hall–Kier alpha value is -3.15. The van der Waals surface area contributed by atoms with E-state index in [0.717, 1.165) is 9.13 Å². The highest BCUT2D eigenvalue weighted by molar-refractivity contribution is 5.33. The molecule has 0 atom stereocenters. The van der Waals surface area contributed by atoms with Gasteiger partial charge in [-0.1, -0.05) is 0 Å². The lowest BCUT2D eigenvalue weighted by atomic mass is 10.2. The molecule has 0 saturated carbocycles. The maximum Gasteiger partial charge on any atom is 0.331 e. The largest absolute Gasteiger partial charge is 0.331 e. The van der Waals surface area contributed by atoms with Crippen molar-refractivity contribution in [3.63, 3.8) is 0 Å². The van der Waals surface area contributed by atoms with E-state index in [2.05, 4.69) is 0 Å². The third-order valence-corrected chi connectivity index (χ3v) is 4.39. The minimum Gasteiger partial charge on any atom is -0.299 e. The van der Waals surface area contributed by atoms with Gasteiger partial charge in [-0.25, -0.2) is 9.59 Å². The fourth-order valence-electron chi connectivity index (χ4n) is 2.98. The Kier molecular flexibility index (Phi) is 3.60. The van der Waals surface area contributed by atoms with Crippen molar-refractivity contribution >= 4 is 0 Å². The molecule has 9 nitrogen and oxygen atoms in total. The van der Waals surface area contributed by atoms with Crippen molar-refractivity contribution in [3.8, 4) is 6.07 Å². The topological polar surface area (TPSA) is 112 Å². The summed E-state index contributed by atoms with van der Waals surface area (Å²) in [6, 6.07) is 3.07. The van der Waals surface area contributed by atoms with E-state index in [-0.39, 0.29) is 17.8 Å². The SMILES string of the molecule is Cn1c(Cn2c(=O)c(C#N)c3n(c2=O)CCC3)cc(=O)n(C)c1=O. The van der Waals surface area contributed by atoms with Crippen molar-refractivity contribution in [1.82, 2.24) is 18.3 Å². The van der Waals surface area contributed by atoms with Gasteiger partial charge in [-0.2, -0.15) is 5.26 Å². The average molecular weight is 329 g/mol. The van der Waals surface area contributed by atoms with E-state index >= 15 is 0 Å². The molecule has 1 aliphatic rings. The molecule has 1 aliphatic heterocycles. The van der Waals surface area contributed by atoms with E-state index in [0.29, 0.717) is 25.1 Å². The molecule has 9 heteroatoms. The van der Waals surface area contributed by atoms with Crippen LogP contribution >= 0.6 is 0 Å². The molecule has 0 fully saturated rings. The molecule has 3 rings (SSSR count). The maximum atomic E-state index is 12.5. The van der Waals surface area contributed by atoms with Gasteiger partial charge in [0, 0.05) is 38.1 Å². The van der Waals surface area contributed by atoms with E-state index in [9.17, 15) is 24.4 Å². The number of nitriles is 1. The van der Waals surface area contributed by atoms with Crippen LogP contribution in [0, 0.1) is 11.3 Å². The summed E-state index contributed by atoms with van der Waals surface area (Å²) in [7, 11) is 2.80. The smallest absolute Gasteiger partial charge is 0.299 e. The molecule has 0 radical (unpaired) electrons. The van der Waals surface area contributed by atoms with Gasteiger partial charge in [-0.05, 0) is 12.8 Å². The monoisotopic (exact) mass is 329 g/mol. The van der Waals surface area contributed by atoms with Gasteiger partial charge in [-0.15, -0.1) is 0 Å². The number of hydrogen-bond acceptors (Lipinski definition) is 5. The molecule has 0 saturated heterocycles. The second-order valence-corrected chi connectivity index (χ2v) is 5.74. The summed E-state index contributed by atoms with van der Waals surface area (Å²) in [6.45, 7) is 0.201. The summed E-state index contributed by atoms with van der Waals surface area (Å²) in [5, 5.41) is 9.26. The summed E-state index contributed by atoms with van der Waals surface area (Å²) in [5.41, 5.74) is -1.66. The lowest BCUT2D eigenvalue weighted by molar-refractivity contribution is 0.567. The standard InChI is InChI=1S/C15H15N5O4/c1-17-9(6-12(21)18(2)14(17)23)8-20-13(22)10(7-16)11-4-3-5-19(11)15(20)24/h6H,3-5,8H2,1-2H3. The van der Waals surface area contributed by atoms with Gasteiger partial charge in [0.2, 0.25) is 0 Å². The Labute approximate surface area is 135 Å². The fraction of sp³-hybridized carbons (Fsp3) is 0.400. The van der Waals surface area contributed by atoms with Gasteiger partial charge in [-0.3, -0.25) is 27.9 Å². The van der Waals surface area contributed by atoms with E-state index in [1.165, 1.54) is 29.3 Å². The van der Waals surface area contributed by atoms with Gasteiger partial charge in [0.1, 0.15) is 11.6 Å². The molecule has 0 unspecified atom stereocenters. The highest BCUT2D eigenvalue weighted by atomic mass is 16.2. The zero-order valence-electron chi connectivity index (χ0n) is 13.3. The molecule has 0 amide bonds. The first kappa shape index (κ1) is 15.7.